The minimum atomic E-state index is -4.54. The minimum Gasteiger partial charge on any atom is -0.326 e. The monoisotopic (exact) mass is 511 g/mol. The summed E-state index contributed by atoms with van der Waals surface area (Å²) in [6.45, 7) is 3.62. The highest BCUT2D eigenvalue weighted by atomic mass is 35.5. The number of nitrogens with one attached hydrogen (secondary N) is 3. The number of anilines is 2. The molecule has 1 heterocycles. The Morgan fingerprint density at radius 3 is 2.50 bits per heavy atom. The maximum Gasteiger partial charge on any atom is 0.416 e. The number of aromatic nitrogens is 2. The molecule has 0 bridgehead atoms. The molecule has 3 N–H and O–H groups in total. The van der Waals surface area contributed by atoms with Crippen molar-refractivity contribution in [1.29, 1.82) is 0 Å². The van der Waals surface area contributed by atoms with Gasteiger partial charge in [0.05, 0.1) is 5.56 Å². The standard InChI is InChI=1S/C22H21ClF3N5O2S/c1-3-12(2)17(28-20(33)27-16-9-5-7-14(11-16)22(24,25)26)18(32)29-21-31-30-19(34-21)13-6-4-8-15(23)10-13/h4-12,17H,3H2,1-2H3,(H2,27,28,33)(H,29,31,32). The van der Waals surface area contributed by atoms with Crippen LogP contribution in [-0.4, -0.2) is 28.2 Å². The van der Waals surface area contributed by atoms with E-state index in [-0.39, 0.29) is 16.7 Å². The molecule has 0 saturated carbocycles. The van der Waals surface area contributed by atoms with E-state index in [1.54, 1.807) is 31.2 Å². The van der Waals surface area contributed by atoms with Gasteiger partial charge in [0.15, 0.2) is 0 Å². The molecule has 0 fully saturated rings. The van der Waals surface area contributed by atoms with E-state index in [0.717, 1.165) is 29.0 Å². The van der Waals surface area contributed by atoms with Crippen molar-refractivity contribution in [2.24, 2.45) is 5.92 Å². The van der Waals surface area contributed by atoms with Gasteiger partial charge in [-0.25, -0.2) is 4.79 Å². The van der Waals surface area contributed by atoms with Crippen LogP contribution in [0.25, 0.3) is 10.6 Å². The fraction of sp³-hybridized carbons (Fsp3) is 0.273. The average Bonchev–Trinajstić information content (AvgIpc) is 3.25. The van der Waals surface area contributed by atoms with Gasteiger partial charge in [0, 0.05) is 16.3 Å². The summed E-state index contributed by atoms with van der Waals surface area (Å²) in [5.74, 6) is -0.796. The van der Waals surface area contributed by atoms with Gasteiger partial charge in [0.2, 0.25) is 11.0 Å². The lowest BCUT2D eigenvalue weighted by atomic mass is 9.98. The minimum absolute atomic E-state index is 0.0501. The number of nitrogens with zero attached hydrogens (tertiary/aromatic N) is 2. The van der Waals surface area contributed by atoms with Crippen LogP contribution in [0.15, 0.2) is 48.5 Å². The summed E-state index contributed by atoms with van der Waals surface area (Å²) >= 11 is 7.14. The van der Waals surface area contributed by atoms with Gasteiger partial charge in [-0.1, -0.05) is 61.4 Å². The molecular formula is C22H21ClF3N5O2S. The van der Waals surface area contributed by atoms with Crippen molar-refractivity contribution in [2.45, 2.75) is 32.5 Å². The van der Waals surface area contributed by atoms with Crippen molar-refractivity contribution < 1.29 is 22.8 Å². The molecule has 0 aliphatic heterocycles. The number of alkyl halides is 3. The Hall–Kier alpha value is -3.18. The lowest BCUT2D eigenvalue weighted by Crippen LogP contribution is -2.49. The quantitative estimate of drug-likeness (QED) is 0.359. The molecule has 34 heavy (non-hydrogen) atoms. The van der Waals surface area contributed by atoms with Crippen LogP contribution in [0.2, 0.25) is 5.02 Å². The molecule has 0 spiro atoms. The SMILES string of the molecule is CCC(C)C(NC(=O)Nc1cccc(C(F)(F)F)c1)C(=O)Nc1nnc(-c2cccc(Cl)c2)s1. The third-order valence-electron chi connectivity index (χ3n) is 4.96. The summed E-state index contributed by atoms with van der Waals surface area (Å²) in [7, 11) is 0. The Kier molecular flexibility index (Phi) is 8.11. The summed E-state index contributed by atoms with van der Waals surface area (Å²) in [4.78, 5) is 25.4. The summed E-state index contributed by atoms with van der Waals surface area (Å²) < 4.78 is 38.7. The van der Waals surface area contributed by atoms with Crippen LogP contribution in [-0.2, 0) is 11.0 Å². The summed E-state index contributed by atoms with van der Waals surface area (Å²) in [5.41, 5.74) is -0.207. The summed E-state index contributed by atoms with van der Waals surface area (Å²) in [6, 6.07) is 9.47. The van der Waals surface area contributed by atoms with Crippen molar-refractivity contribution in [3.05, 3.63) is 59.1 Å². The van der Waals surface area contributed by atoms with Gasteiger partial charge in [0.25, 0.3) is 0 Å². The molecule has 0 saturated heterocycles. The van der Waals surface area contributed by atoms with Gasteiger partial charge in [-0.05, 0) is 36.2 Å². The first-order chi connectivity index (χ1) is 16.1. The topological polar surface area (TPSA) is 96.0 Å². The van der Waals surface area contributed by atoms with Crippen LogP contribution in [0.3, 0.4) is 0 Å². The van der Waals surface area contributed by atoms with Crippen LogP contribution < -0.4 is 16.0 Å². The van der Waals surface area contributed by atoms with Gasteiger partial charge < -0.3 is 10.6 Å². The van der Waals surface area contributed by atoms with Crippen LogP contribution in [0.4, 0.5) is 28.8 Å². The first-order valence-electron chi connectivity index (χ1n) is 10.2. The van der Waals surface area contributed by atoms with Crippen LogP contribution >= 0.6 is 22.9 Å². The molecule has 7 nitrogen and oxygen atoms in total. The predicted octanol–water partition coefficient (Wildman–Crippen LogP) is 6.05. The van der Waals surface area contributed by atoms with E-state index in [1.165, 1.54) is 12.1 Å². The fourth-order valence-electron chi connectivity index (χ4n) is 2.98. The Morgan fingerprint density at radius 2 is 1.82 bits per heavy atom. The first-order valence-corrected chi connectivity index (χ1v) is 11.4. The normalized spacial score (nSPS) is 13.1. The Labute approximate surface area is 202 Å². The molecular weight excluding hydrogens is 491 g/mol. The Bertz CT molecular complexity index is 1170. The molecule has 3 aromatic rings. The van der Waals surface area contributed by atoms with Gasteiger partial charge in [-0.2, -0.15) is 13.2 Å². The van der Waals surface area contributed by atoms with Gasteiger partial charge >= 0.3 is 12.2 Å². The second kappa shape index (κ2) is 10.8. The molecule has 0 aliphatic rings. The van der Waals surface area contributed by atoms with Crippen LogP contribution in [0.1, 0.15) is 25.8 Å². The molecule has 2 aromatic carbocycles. The molecule has 3 amide bonds. The Morgan fingerprint density at radius 1 is 1.09 bits per heavy atom. The maximum atomic E-state index is 12.9. The number of hydrogen-bond donors (Lipinski definition) is 3. The molecule has 1 aromatic heterocycles. The zero-order chi connectivity index (χ0) is 24.9. The van der Waals surface area contributed by atoms with Gasteiger partial charge in [0.1, 0.15) is 11.0 Å². The summed E-state index contributed by atoms with van der Waals surface area (Å²) in [5, 5.41) is 16.9. The number of carbonyl (C=O) groups is 2. The van der Waals surface area contributed by atoms with Crippen molar-refractivity contribution in [3.8, 4) is 10.6 Å². The second-order valence-electron chi connectivity index (χ2n) is 7.45. The number of urea groups is 1. The Balaban J connectivity index is 1.69. The second-order valence-corrected chi connectivity index (χ2v) is 8.87. The highest BCUT2D eigenvalue weighted by Crippen LogP contribution is 2.31. The molecule has 0 aliphatic carbocycles. The highest BCUT2D eigenvalue weighted by molar-refractivity contribution is 7.18. The number of benzene rings is 2. The molecule has 0 radical (unpaired) electrons. The predicted molar refractivity (Wildman–Crippen MR) is 126 cm³/mol. The zero-order valence-electron chi connectivity index (χ0n) is 18.1. The maximum absolute atomic E-state index is 12.9. The number of halogens is 4. The van der Waals surface area contributed by atoms with E-state index < -0.39 is 29.7 Å². The van der Waals surface area contributed by atoms with E-state index in [0.29, 0.717) is 16.5 Å². The molecule has 180 valence electrons. The van der Waals surface area contributed by atoms with Crippen molar-refractivity contribution in [3.63, 3.8) is 0 Å². The molecule has 2 atom stereocenters. The van der Waals surface area contributed by atoms with E-state index in [1.807, 2.05) is 6.92 Å². The third-order valence-corrected chi connectivity index (χ3v) is 6.08. The van der Waals surface area contributed by atoms with Crippen molar-refractivity contribution in [2.75, 3.05) is 10.6 Å². The van der Waals surface area contributed by atoms with Gasteiger partial charge in [-0.15, -0.1) is 10.2 Å². The number of hydrogen-bond acceptors (Lipinski definition) is 5. The van der Waals surface area contributed by atoms with Gasteiger partial charge in [-0.3, -0.25) is 10.1 Å². The number of amides is 3. The fourth-order valence-corrected chi connectivity index (χ4v) is 3.91. The average molecular weight is 512 g/mol. The van der Waals surface area contributed by atoms with Crippen molar-refractivity contribution in [1.82, 2.24) is 15.5 Å². The van der Waals surface area contributed by atoms with E-state index in [9.17, 15) is 22.8 Å². The smallest absolute Gasteiger partial charge is 0.326 e. The number of carbonyl (C=O) groups excluding carboxylic acids is 2. The number of rotatable bonds is 7. The lowest BCUT2D eigenvalue weighted by Gasteiger charge is -2.23. The first kappa shape index (κ1) is 25.4. The largest absolute Gasteiger partial charge is 0.416 e. The third kappa shape index (κ3) is 6.67. The van der Waals surface area contributed by atoms with E-state index in [4.69, 9.17) is 11.6 Å². The molecule has 2 unspecified atom stereocenters. The van der Waals surface area contributed by atoms with E-state index in [2.05, 4.69) is 26.1 Å². The summed E-state index contributed by atoms with van der Waals surface area (Å²) in [6.07, 6.45) is -3.98. The van der Waals surface area contributed by atoms with Crippen LogP contribution in [0.5, 0.6) is 0 Å². The highest BCUT2D eigenvalue weighted by Gasteiger charge is 2.31. The van der Waals surface area contributed by atoms with Crippen LogP contribution in [0, 0.1) is 5.92 Å². The zero-order valence-corrected chi connectivity index (χ0v) is 19.7. The molecule has 3 rings (SSSR count). The van der Waals surface area contributed by atoms with Crippen molar-refractivity contribution >= 4 is 45.7 Å². The lowest BCUT2D eigenvalue weighted by molar-refractivity contribution is -0.137. The molecule has 12 heteroatoms. The van der Waals surface area contributed by atoms with E-state index >= 15 is 0 Å².